The summed E-state index contributed by atoms with van der Waals surface area (Å²) in [4.78, 5) is 12.1. The predicted molar refractivity (Wildman–Crippen MR) is 83.8 cm³/mol. The fraction of sp³-hybridized carbons (Fsp3) is 0.133. The van der Waals surface area contributed by atoms with Crippen LogP contribution in [-0.2, 0) is 4.74 Å². The molecule has 0 spiro atoms. The van der Waals surface area contributed by atoms with Crippen LogP contribution in [0, 0.1) is 3.57 Å². The van der Waals surface area contributed by atoms with Crippen molar-refractivity contribution in [2.75, 3.05) is 5.73 Å². The number of hydrogen-bond donors (Lipinski definition) is 1. The van der Waals surface area contributed by atoms with Gasteiger partial charge >= 0.3 is 5.97 Å². The molecule has 0 fully saturated rings. The number of halogens is 1. The third-order valence-corrected chi connectivity index (χ3v) is 3.46. The van der Waals surface area contributed by atoms with Crippen molar-refractivity contribution in [3.05, 3.63) is 63.2 Å². The number of carbonyl (C=O) groups is 1. The lowest BCUT2D eigenvalue weighted by Gasteiger charge is -2.14. The predicted octanol–water partition coefficient (Wildman–Crippen LogP) is 3.79. The molecule has 0 saturated heterocycles. The quantitative estimate of drug-likeness (QED) is 0.510. The number of nitrogen functional groups attached to an aromatic ring is 1. The molecule has 2 N–H and O–H groups in total. The van der Waals surface area contributed by atoms with E-state index in [0.717, 1.165) is 9.13 Å². The molecule has 0 saturated carbocycles. The first kappa shape index (κ1) is 13.9. The first-order valence-corrected chi connectivity index (χ1v) is 6.97. The van der Waals surface area contributed by atoms with Gasteiger partial charge in [-0.3, -0.25) is 0 Å². The Morgan fingerprint density at radius 2 is 1.89 bits per heavy atom. The van der Waals surface area contributed by atoms with Crippen LogP contribution in [0.1, 0.15) is 28.9 Å². The van der Waals surface area contributed by atoms with E-state index in [4.69, 9.17) is 10.5 Å². The van der Waals surface area contributed by atoms with Crippen molar-refractivity contribution in [1.82, 2.24) is 0 Å². The molecule has 0 aromatic heterocycles. The number of hydrogen-bond acceptors (Lipinski definition) is 3. The molecular weight excluding hydrogens is 353 g/mol. The van der Waals surface area contributed by atoms with Crippen LogP contribution in [0.4, 0.5) is 5.69 Å². The van der Waals surface area contributed by atoms with Crippen LogP contribution in [0.3, 0.4) is 0 Å². The van der Waals surface area contributed by atoms with Crippen LogP contribution >= 0.6 is 22.6 Å². The maximum absolute atomic E-state index is 12.1. The maximum Gasteiger partial charge on any atom is 0.340 e. The number of esters is 1. The van der Waals surface area contributed by atoms with Crippen LogP contribution in [0.25, 0.3) is 0 Å². The molecule has 0 aliphatic rings. The molecule has 19 heavy (non-hydrogen) atoms. The molecule has 0 amide bonds. The van der Waals surface area contributed by atoms with Crippen LogP contribution in [-0.4, -0.2) is 5.97 Å². The fourth-order valence-corrected chi connectivity index (χ4v) is 2.21. The van der Waals surface area contributed by atoms with Gasteiger partial charge in [0.2, 0.25) is 0 Å². The highest BCUT2D eigenvalue weighted by atomic mass is 127. The molecule has 1 atom stereocenters. The number of anilines is 1. The van der Waals surface area contributed by atoms with Crippen molar-refractivity contribution < 1.29 is 9.53 Å². The minimum Gasteiger partial charge on any atom is -0.454 e. The summed E-state index contributed by atoms with van der Waals surface area (Å²) in [6, 6.07) is 14.9. The normalized spacial score (nSPS) is 11.9. The van der Waals surface area contributed by atoms with Crippen molar-refractivity contribution in [2.45, 2.75) is 13.0 Å². The monoisotopic (exact) mass is 367 g/mol. The molecule has 98 valence electrons. The molecule has 0 unspecified atom stereocenters. The summed E-state index contributed by atoms with van der Waals surface area (Å²) < 4.78 is 6.39. The van der Waals surface area contributed by atoms with Crippen LogP contribution in [0.15, 0.2) is 48.5 Å². The van der Waals surface area contributed by atoms with E-state index in [1.165, 1.54) is 0 Å². The molecule has 0 radical (unpaired) electrons. The SMILES string of the molecule is C[C@@H](OC(=O)c1cc(I)ccc1N)c1ccccc1. The standard InChI is InChI=1S/C15H14INO2/c1-10(11-5-3-2-4-6-11)19-15(18)13-9-12(16)7-8-14(13)17/h2-10H,17H2,1H3/t10-/m1/s1. The fourth-order valence-electron chi connectivity index (χ4n) is 1.72. The lowest BCUT2D eigenvalue weighted by atomic mass is 10.1. The Labute approximate surface area is 125 Å². The molecule has 3 nitrogen and oxygen atoms in total. The topological polar surface area (TPSA) is 52.3 Å². The van der Waals surface area contributed by atoms with Crippen LogP contribution in [0.2, 0.25) is 0 Å². The molecule has 0 aliphatic heterocycles. The van der Waals surface area contributed by atoms with Gasteiger partial charge in [-0.2, -0.15) is 0 Å². The molecular formula is C15H14INO2. The van der Waals surface area contributed by atoms with Crippen LogP contribution in [0.5, 0.6) is 0 Å². The second-order valence-electron chi connectivity index (χ2n) is 4.19. The van der Waals surface area contributed by atoms with E-state index in [-0.39, 0.29) is 6.10 Å². The summed E-state index contributed by atoms with van der Waals surface area (Å²) in [6.07, 6.45) is -0.300. The molecule has 4 heteroatoms. The molecule has 0 bridgehead atoms. The Bertz CT molecular complexity index is 584. The lowest BCUT2D eigenvalue weighted by Crippen LogP contribution is -2.11. The Kier molecular flexibility index (Phi) is 4.42. The van der Waals surface area contributed by atoms with Gasteiger partial charge in [0.15, 0.2) is 0 Å². The van der Waals surface area contributed by atoms with E-state index in [0.29, 0.717) is 11.3 Å². The van der Waals surface area contributed by atoms with E-state index in [2.05, 4.69) is 22.6 Å². The van der Waals surface area contributed by atoms with Crippen molar-refractivity contribution in [2.24, 2.45) is 0 Å². The van der Waals surface area contributed by atoms with Gasteiger partial charge in [-0.25, -0.2) is 4.79 Å². The number of nitrogens with two attached hydrogens (primary N) is 1. The van der Waals surface area contributed by atoms with E-state index < -0.39 is 5.97 Å². The van der Waals surface area contributed by atoms with Crippen molar-refractivity contribution in [1.29, 1.82) is 0 Å². The molecule has 2 aromatic rings. The Morgan fingerprint density at radius 3 is 2.58 bits per heavy atom. The van der Waals surface area contributed by atoms with Gasteiger partial charge in [-0.1, -0.05) is 30.3 Å². The van der Waals surface area contributed by atoms with E-state index in [9.17, 15) is 4.79 Å². The number of carbonyl (C=O) groups excluding carboxylic acids is 1. The van der Waals surface area contributed by atoms with Gasteiger partial charge in [0.1, 0.15) is 6.10 Å². The van der Waals surface area contributed by atoms with Gasteiger partial charge in [0, 0.05) is 9.26 Å². The third kappa shape index (κ3) is 3.47. The summed E-state index contributed by atoms with van der Waals surface area (Å²) in [5.74, 6) is -0.396. The second kappa shape index (κ2) is 6.06. The van der Waals surface area contributed by atoms with Gasteiger partial charge < -0.3 is 10.5 Å². The average molecular weight is 367 g/mol. The van der Waals surface area contributed by atoms with Crippen molar-refractivity contribution >= 4 is 34.2 Å². The Morgan fingerprint density at radius 1 is 1.21 bits per heavy atom. The number of rotatable bonds is 3. The third-order valence-electron chi connectivity index (χ3n) is 2.79. The molecule has 2 aromatic carbocycles. The summed E-state index contributed by atoms with van der Waals surface area (Å²) in [7, 11) is 0. The number of ether oxygens (including phenoxy) is 1. The molecule has 0 aliphatic carbocycles. The van der Waals surface area contributed by atoms with Gasteiger partial charge in [-0.15, -0.1) is 0 Å². The zero-order valence-corrected chi connectivity index (χ0v) is 12.6. The van der Waals surface area contributed by atoms with E-state index in [1.54, 1.807) is 12.1 Å². The zero-order valence-electron chi connectivity index (χ0n) is 10.5. The summed E-state index contributed by atoms with van der Waals surface area (Å²) in [5.41, 5.74) is 7.61. The van der Waals surface area contributed by atoms with E-state index in [1.807, 2.05) is 43.3 Å². The Balaban J connectivity index is 2.15. The lowest BCUT2D eigenvalue weighted by molar-refractivity contribution is 0.0339. The Hall–Kier alpha value is -1.56. The molecule has 2 rings (SSSR count). The minimum absolute atomic E-state index is 0.300. The first-order valence-electron chi connectivity index (χ1n) is 5.89. The zero-order chi connectivity index (χ0) is 13.8. The summed E-state index contributed by atoms with van der Waals surface area (Å²) in [6.45, 7) is 1.84. The van der Waals surface area contributed by atoms with E-state index >= 15 is 0 Å². The van der Waals surface area contributed by atoms with Crippen molar-refractivity contribution in [3.63, 3.8) is 0 Å². The largest absolute Gasteiger partial charge is 0.454 e. The number of benzene rings is 2. The molecule has 0 heterocycles. The second-order valence-corrected chi connectivity index (χ2v) is 5.44. The van der Waals surface area contributed by atoms with Crippen LogP contribution < -0.4 is 5.73 Å². The smallest absolute Gasteiger partial charge is 0.340 e. The highest BCUT2D eigenvalue weighted by Crippen LogP contribution is 2.22. The minimum atomic E-state index is -0.396. The van der Waals surface area contributed by atoms with Crippen molar-refractivity contribution in [3.8, 4) is 0 Å². The summed E-state index contributed by atoms with van der Waals surface area (Å²) in [5, 5.41) is 0. The van der Waals surface area contributed by atoms with Gasteiger partial charge in [-0.05, 0) is 53.3 Å². The summed E-state index contributed by atoms with van der Waals surface area (Å²) >= 11 is 2.14. The maximum atomic E-state index is 12.1. The van der Waals surface area contributed by atoms with Gasteiger partial charge in [0.25, 0.3) is 0 Å². The first-order chi connectivity index (χ1) is 9.08. The highest BCUT2D eigenvalue weighted by molar-refractivity contribution is 14.1. The van der Waals surface area contributed by atoms with Gasteiger partial charge in [0.05, 0.1) is 5.56 Å². The highest BCUT2D eigenvalue weighted by Gasteiger charge is 2.16. The average Bonchev–Trinajstić information content (AvgIpc) is 2.42.